The smallest absolute Gasteiger partial charge is 0.256 e. The fraction of sp³-hybridized carbons (Fsp3) is 0.632. The van der Waals surface area contributed by atoms with Crippen LogP contribution in [-0.4, -0.2) is 58.5 Å². The first-order chi connectivity index (χ1) is 12.2. The Labute approximate surface area is 153 Å². The predicted octanol–water partition coefficient (Wildman–Crippen LogP) is 2.67. The normalized spacial score (nSPS) is 26.5. The van der Waals surface area contributed by atoms with E-state index in [9.17, 15) is 9.59 Å². The van der Waals surface area contributed by atoms with Gasteiger partial charge in [0, 0.05) is 31.9 Å². The molecule has 3 saturated heterocycles. The number of carbonyl (C=O) groups is 2. The van der Waals surface area contributed by atoms with Gasteiger partial charge in [0.25, 0.3) is 5.91 Å². The molecule has 0 radical (unpaired) electrons. The van der Waals surface area contributed by atoms with Gasteiger partial charge >= 0.3 is 0 Å². The molecular formula is C19H25N3O2S. The van der Waals surface area contributed by atoms with Crippen molar-refractivity contribution in [2.24, 2.45) is 11.8 Å². The first-order valence-corrected chi connectivity index (χ1v) is 10.5. The molecule has 1 aliphatic carbocycles. The summed E-state index contributed by atoms with van der Waals surface area (Å²) in [6.45, 7) is 2.11. The summed E-state index contributed by atoms with van der Waals surface area (Å²) in [6.07, 6.45) is 9.39. The maximum atomic E-state index is 13.1. The van der Waals surface area contributed by atoms with E-state index < -0.39 is 0 Å². The number of hydrogen-bond donors (Lipinski definition) is 0. The minimum absolute atomic E-state index is 0.0210. The fourth-order valence-electron chi connectivity index (χ4n) is 4.29. The van der Waals surface area contributed by atoms with Gasteiger partial charge in [-0.2, -0.15) is 0 Å². The Morgan fingerprint density at radius 2 is 2.12 bits per heavy atom. The van der Waals surface area contributed by atoms with Crippen LogP contribution in [0.1, 0.15) is 42.5 Å². The Kier molecular flexibility index (Phi) is 4.71. The molecular weight excluding hydrogens is 334 g/mol. The minimum Gasteiger partial charge on any atom is -0.337 e. The van der Waals surface area contributed by atoms with Crippen molar-refractivity contribution in [1.29, 1.82) is 0 Å². The number of rotatable bonds is 4. The zero-order chi connectivity index (χ0) is 17.4. The van der Waals surface area contributed by atoms with Crippen molar-refractivity contribution in [2.45, 2.75) is 43.2 Å². The number of thioether (sulfide) groups is 1. The molecule has 5 rings (SSSR count). The van der Waals surface area contributed by atoms with Gasteiger partial charge in [0.05, 0.1) is 11.5 Å². The maximum Gasteiger partial charge on any atom is 0.256 e. The van der Waals surface area contributed by atoms with Gasteiger partial charge in [0.1, 0.15) is 5.03 Å². The standard InChI is InChI=1S/C19H25N3O2S/c1-25-17-16(6-3-9-20-17)19(24)21-11-14-7-8-15(12-21)22(18(14)23)10-13-4-2-5-13/h3,6,9,13-15H,2,4-5,7-8,10-12H2,1H3/t14-,15+/m1/s1. The van der Waals surface area contributed by atoms with Gasteiger partial charge in [-0.15, -0.1) is 11.8 Å². The molecule has 2 amide bonds. The maximum absolute atomic E-state index is 13.1. The van der Waals surface area contributed by atoms with Gasteiger partial charge in [-0.05, 0) is 50.0 Å². The van der Waals surface area contributed by atoms with E-state index in [2.05, 4.69) is 9.88 Å². The lowest BCUT2D eigenvalue weighted by Crippen LogP contribution is -2.50. The van der Waals surface area contributed by atoms with E-state index in [1.54, 1.807) is 6.20 Å². The lowest BCUT2D eigenvalue weighted by molar-refractivity contribution is -0.141. The number of piperidine rings is 1. The fourth-order valence-corrected chi connectivity index (χ4v) is 4.83. The number of fused-ring (bicyclic) bond motifs is 4. The first kappa shape index (κ1) is 16.9. The van der Waals surface area contributed by atoms with Crippen LogP contribution in [0.25, 0.3) is 0 Å². The number of amides is 2. The van der Waals surface area contributed by atoms with E-state index in [1.807, 2.05) is 23.3 Å². The van der Waals surface area contributed by atoms with Crippen molar-refractivity contribution in [1.82, 2.24) is 14.8 Å². The highest BCUT2D eigenvalue weighted by Crippen LogP contribution is 2.34. The molecule has 0 unspecified atom stereocenters. The number of nitrogens with zero attached hydrogens (tertiary/aromatic N) is 3. The summed E-state index contributed by atoms with van der Waals surface area (Å²) in [5, 5.41) is 0.766. The van der Waals surface area contributed by atoms with Crippen LogP contribution in [-0.2, 0) is 4.79 Å². The third-order valence-electron chi connectivity index (χ3n) is 5.96. The van der Waals surface area contributed by atoms with Crippen molar-refractivity contribution in [3.63, 3.8) is 0 Å². The lowest BCUT2D eigenvalue weighted by Gasteiger charge is -2.40. The third kappa shape index (κ3) is 3.16. The third-order valence-corrected chi connectivity index (χ3v) is 6.67. The largest absolute Gasteiger partial charge is 0.337 e. The Bertz CT molecular complexity index is 676. The molecule has 25 heavy (non-hydrogen) atoms. The van der Waals surface area contributed by atoms with E-state index in [4.69, 9.17) is 0 Å². The average Bonchev–Trinajstić information content (AvgIpc) is 2.89. The highest BCUT2D eigenvalue weighted by Gasteiger charge is 2.43. The molecule has 4 fully saturated rings. The Morgan fingerprint density at radius 1 is 1.28 bits per heavy atom. The molecule has 6 heteroatoms. The SMILES string of the molecule is CSc1ncccc1C(=O)N1C[C@H]2CC[C@@H](C1)N(CC1CCC1)C2=O. The summed E-state index contributed by atoms with van der Waals surface area (Å²) in [6, 6.07) is 3.85. The molecule has 0 N–H and O–H groups in total. The first-order valence-electron chi connectivity index (χ1n) is 9.26. The number of hydrogen-bond acceptors (Lipinski definition) is 4. The molecule has 4 heterocycles. The van der Waals surface area contributed by atoms with Crippen LogP contribution in [0.15, 0.2) is 23.4 Å². The molecule has 1 aromatic rings. The molecule has 2 bridgehead atoms. The van der Waals surface area contributed by atoms with Gasteiger partial charge in [-0.1, -0.05) is 6.42 Å². The molecule has 134 valence electrons. The Balaban J connectivity index is 1.54. The van der Waals surface area contributed by atoms with Crippen LogP contribution in [0.4, 0.5) is 0 Å². The lowest BCUT2D eigenvalue weighted by atomic mass is 9.83. The summed E-state index contributed by atoms with van der Waals surface area (Å²) in [5.41, 5.74) is 0.661. The summed E-state index contributed by atoms with van der Waals surface area (Å²) < 4.78 is 0. The van der Waals surface area contributed by atoms with Crippen molar-refractivity contribution >= 4 is 23.6 Å². The van der Waals surface area contributed by atoms with E-state index in [-0.39, 0.29) is 23.8 Å². The van der Waals surface area contributed by atoms with Crippen LogP contribution in [0, 0.1) is 11.8 Å². The zero-order valence-electron chi connectivity index (χ0n) is 14.7. The van der Waals surface area contributed by atoms with Crippen molar-refractivity contribution < 1.29 is 9.59 Å². The second-order valence-corrected chi connectivity index (χ2v) is 8.28. The topological polar surface area (TPSA) is 53.5 Å². The van der Waals surface area contributed by atoms with Crippen molar-refractivity contribution in [3.8, 4) is 0 Å². The number of pyridine rings is 1. The molecule has 4 aliphatic rings. The highest BCUT2D eigenvalue weighted by molar-refractivity contribution is 7.98. The summed E-state index contributed by atoms with van der Waals surface area (Å²) >= 11 is 1.49. The summed E-state index contributed by atoms with van der Waals surface area (Å²) in [5.74, 6) is 0.938. The van der Waals surface area contributed by atoms with Crippen LogP contribution < -0.4 is 0 Å². The summed E-state index contributed by atoms with van der Waals surface area (Å²) in [7, 11) is 0. The van der Waals surface area contributed by atoms with E-state index in [0.717, 1.165) is 24.4 Å². The van der Waals surface area contributed by atoms with Crippen LogP contribution in [0.2, 0.25) is 0 Å². The van der Waals surface area contributed by atoms with E-state index in [0.29, 0.717) is 24.6 Å². The van der Waals surface area contributed by atoms with Crippen molar-refractivity contribution in [3.05, 3.63) is 23.9 Å². The van der Waals surface area contributed by atoms with Crippen LogP contribution in [0.3, 0.4) is 0 Å². The van der Waals surface area contributed by atoms with Gasteiger partial charge in [0.15, 0.2) is 0 Å². The van der Waals surface area contributed by atoms with Crippen LogP contribution >= 0.6 is 11.8 Å². The zero-order valence-corrected chi connectivity index (χ0v) is 15.5. The average molecular weight is 359 g/mol. The molecule has 0 spiro atoms. The monoisotopic (exact) mass is 359 g/mol. The van der Waals surface area contributed by atoms with Gasteiger partial charge in [-0.25, -0.2) is 4.98 Å². The highest BCUT2D eigenvalue weighted by atomic mass is 32.2. The number of carbonyl (C=O) groups excluding carboxylic acids is 2. The minimum atomic E-state index is -0.0304. The van der Waals surface area contributed by atoms with Crippen molar-refractivity contribution in [2.75, 3.05) is 25.9 Å². The second kappa shape index (κ2) is 6.98. The molecule has 5 nitrogen and oxygen atoms in total. The van der Waals surface area contributed by atoms with E-state index in [1.165, 1.54) is 31.0 Å². The van der Waals surface area contributed by atoms with Gasteiger partial charge in [0.2, 0.25) is 5.91 Å². The van der Waals surface area contributed by atoms with Gasteiger partial charge in [-0.3, -0.25) is 9.59 Å². The molecule has 0 aromatic carbocycles. The van der Waals surface area contributed by atoms with Gasteiger partial charge < -0.3 is 9.80 Å². The quantitative estimate of drug-likeness (QED) is 0.776. The second-order valence-electron chi connectivity index (χ2n) is 7.49. The predicted molar refractivity (Wildman–Crippen MR) is 97.5 cm³/mol. The Morgan fingerprint density at radius 3 is 2.84 bits per heavy atom. The Hall–Kier alpha value is -1.56. The molecule has 1 saturated carbocycles. The van der Waals surface area contributed by atoms with E-state index >= 15 is 0 Å². The molecule has 2 atom stereocenters. The number of aromatic nitrogens is 1. The molecule has 3 aliphatic heterocycles. The molecule has 1 aromatic heterocycles. The summed E-state index contributed by atoms with van der Waals surface area (Å²) in [4.78, 5) is 34.3. The van der Waals surface area contributed by atoms with Crippen LogP contribution in [0.5, 0.6) is 0 Å².